The smallest absolute Gasteiger partial charge is 0.291 e. The number of aryl methyl sites for hydroxylation is 2. The van der Waals surface area contributed by atoms with Crippen molar-refractivity contribution in [3.63, 3.8) is 0 Å². The molecule has 0 spiro atoms. The fraction of sp³-hybridized carbons (Fsp3) is 0.214. The zero-order valence-corrected chi connectivity index (χ0v) is 21.9. The summed E-state index contributed by atoms with van der Waals surface area (Å²) in [5, 5.41) is 5.65. The van der Waals surface area contributed by atoms with Crippen molar-refractivity contribution in [3.05, 3.63) is 94.8 Å². The molecule has 4 aromatic rings. The van der Waals surface area contributed by atoms with Crippen molar-refractivity contribution in [2.24, 2.45) is 0 Å². The number of nitrogens with one attached hydrogen (secondary N) is 2. The molecule has 0 saturated carbocycles. The van der Waals surface area contributed by atoms with E-state index < -0.39 is 0 Å². The Morgan fingerprint density at radius 1 is 0.703 bits per heavy atom. The van der Waals surface area contributed by atoms with Crippen LogP contribution in [0.2, 0.25) is 0 Å². The molecular formula is C28H28N2O6S. The third-order valence-corrected chi connectivity index (χ3v) is 6.73. The highest BCUT2D eigenvalue weighted by Crippen LogP contribution is 2.27. The maximum atomic E-state index is 12.6. The fourth-order valence-corrected chi connectivity index (χ4v) is 4.67. The van der Waals surface area contributed by atoms with Crippen molar-refractivity contribution in [1.29, 1.82) is 0 Å². The molecular weight excluding hydrogens is 492 g/mol. The second kappa shape index (κ2) is 11.7. The first-order valence-corrected chi connectivity index (χ1v) is 12.7. The number of carbonyl (C=O) groups excluding carboxylic acids is 2. The number of anilines is 2. The third-order valence-electron chi connectivity index (χ3n) is 5.70. The first-order chi connectivity index (χ1) is 17.9. The summed E-state index contributed by atoms with van der Waals surface area (Å²) >= 11 is 1.64. The van der Waals surface area contributed by atoms with Crippen LogP contribution in [0.15, 0.2) is 69.5 Å². The molecule has 37 heavy (non-hydrogen) atoms. The SMILES string of the molecule is COc1ccc(NC(=O)c2cc(CSCc3cc(C(=O)Nc4ccc(OC)cc4)oc3C)c(C)o2)cc1. The van der Waals surface area contributed by atoms with Gasteiger partial charge in [0.05, 0.1) is 14.2 Å². The van der Waals surface area contributed by atoms with Gasteiger partial charge >= 0.3 is 0 Å². The number of rotatable bonds is 10. The van der Waals surface area contributed by atoms with Crippen LogP contribution in [0.5, 0.6) is 11.5 Å². The highest BCUT2D eigenvalue weighted by atomic mass is 32.2. The Hall–Kier alpha value is -4.11. The molecule has 4 rings (SSSR count). The van der Waals surface area contributed by atoms with Crippen molar-refractivity contribution in [3.8, 4) is 11.5 Å². The van der Waals surface area contributed by atoms with E-state index >= 15 is 0 Å². The molecule has 192 valence electrons. The minimum absolute atomic E-state index is 0.251. The van der Waals surface area contributed by atoms with Crippen LogP contribution in [0.3, 0.4) is 0 Å². The Kier molecular flexibility index (Phi) is 8.25. The van der Waals surface area contributed by atoms with Crippen LogP contribution >= 0.6 is 11.8 Å². The molecule has 9 heteroatoms. The van der Waals surface area contributed by atoms with E-state index in [-0.39, 0.29) is 23.3 Å². The van der Waals surface area contributed by atoms with Crippen LogP contribution < -0.4 is 20.1 Å². The van der Waals surface area contributed by atoms with E-state index in [0.717, 1.165) is 11.1 Å². The van der Waals surface area contributed by atoms with E-state index in [1.807, 2.05) is 13.8 Å². The maximum absolute atomic E-state index is 12.6. The number of carbonyl (C=O) groups is 2. The lowest BCUT2D eigenvalue weighted by atomic mass is 10.2. The molecule has 2 aromatic carbocycles. The molecule has 0 atom stereocenters. The summed E-state index contributed by atoms with van der Waals surface area (Å²) < 4.78 is 21.7. The second-order valence-electron chi connectivity index (χ2n) is 8.24. The first-order valence-electron chi connectivity index (χ1n) is 11.5. The summed E-state index contributed by atoms with van der Waals surface area (Å²) in [5.41, 5.74) is 3.17. The molecule has 0 fully saturated rings. The number of furan rings is 2. The molecule has 0 unspecified atom stereocenters. The van der Waals surface area contributed by atoms with Gasteiger partial charge in [-0.2, -0.15) is 11.8 Å². The number of ether oxygens (including phenoxy) is 2. The van der Waals surface area contributed by atoms with Crippen LogP contribution in [0.4, 0.5) is 11.4 Å². The van der Waals surface area contributed by atoms with Gasteiger partial charge in [-0.1, -0.05) is 0 Å². The van der Waals surface area contributed by atoms with Crippen LogP contribution in [0.25, 0.3) is 0 Å². The first kappa shape index (κ1) is 26.0. The van der Waals surface area contributed by atoms with Gasteiger partial charge < -0.3 is 28.9 Å². The van der Waals surface area contributed by atoms with E-state index in [1.54, 1.807) is 86.6 Å². The van der Waals surface area contributed by atoms with Crippen molar-refractivity contribution < 1.29 is 27.9 Å². The van der Waals surface area contributed by atoms with Gasteiger partial charge in [0, 0.05) is 34.0 Å². The molecule has 2 heterocycles. The van der Waals surface area contributed by atoms with Gasteiger partial charge in [0.25, 0.3) is 11.8 Å². The molecule has 0 aliphatic carbocycles. The van der Waals surface area contributed by atoms with Gasteiger partial charge in [0.1, 0.15) is 23.0 Å². The normalized spacial score (nSPS) is 10.7. The van der Waals surface area contributed by atoms with Crippen molar-refractivity contribution in [2.75, 3.05) is 24.9 Å². The summed E-state index contributed by atoms with van der Waals surface area (Å²) in [6, 6.07) is 17.7. The quantitative estimate of drug-likeness (QED) is 0.248. The van der Waals surface area contributed by atoms with Crippen molar-refractivity contribution in [1.82, 2.24) is 0 Å². The standard InChI is InChI=1S/C28H28N2O6S/c1-17-19(13-25(35-17)27(31)29-21-5-9-23(33-3)10-6-21)15-37-16-20-14-26(36-18(20)2)28(32)30-22-7-11-24(34-4)12-8-22/h5-14H,15-16H2,1-4H3,(H,29,31)(H,30,32). The van der Waals surface area contributed by atoms with Crippen LogP contribution in [0, 0.1) is 13.8 Å². The zero-order chi connectivity index (χ0) is 26.4. The van der Waals surface area contributed by atoms with Gasteiger partial charge in [0.15, 0.2) is 11.5 Å². The molecule has 0 bridgehead atoms. The van der Waals surface area contributed by atoms with E-state index in [4.69, 9.17) is 18.3 Å². The predicted molar refractivity (Wildman–Crippen MR) is 144 cm³/mol. The number of hydrogen-bond acceptors (Lipinski definition) is 7. The lowest BCUT2D eigenvalue weighted by Crippen LogP contribution is -2.10. The van der Waals surface area contributed by atoms with Crippen LogP contribution in [-0.2, 0) is 11.5 Å². The molecule has 8 nitrogen and oxygen atoms in total. The Morgan fingerprint density at radius 3 is 1.43 bits per heavy atom. The Morgan fingerprint density at radius 2 is 1.08 bits per heavy atom. The average molecular weight is 521 g/mol. The highest BCUT2D eigenvalue weighted by Gasteiger charge is 2.17. The van der Waals surface area contributed by atoms with Gasteiger partial charge in [-0.3, -0.25) is 9.59 Å². The van der Waals surface area contributed by atoms with E-state index in [1.165, 1.54) is 0 Å². The largest absolute Gasteiger partial charge is 0.497 e. The maximum Gasteiger partial charge on any atom is 0.291 e. The topological polar surface area (TPSA) is 103 Å². The third kappa shape index (κ3) is 6.56. The predicted octanol–water partition coefficient (Wildman–Crippen LogP) is 6.44. The van der Waals surface area contributed by atoms with E-state index in [2.05, 4.69) is 10.6 Å². The fourth-order valence-electron chi connectivity index (χ4n) is 3.56. The molecule has 0 aliphatic rings. The summed E-state index contributed by atoms with van der Waals surface area (Å²) in [4.78, 5) is 25.2. The van der Waals surface area contributed by atoms with Gasteiger partial charge in [-0.25, -0.2) is 0 Å². The van der Waals surface area contributed by atoms with Gasteiger partial charge in [0.2, 0.25) is 0 Å². The Balaban J connectivity index is 1.31. The molecule has 0 aliphatic heterocycles. The Bertz CT molecular complexity index is 1270. The Labute approximate surface area is 219 Å². The second-order valence-corrected chi connectivity index (χ2v) is 9.23. The van der Waals surface area contributed by atoms with Crippen LogP contribution in [-0.4, -0.2) is 26.0 Å². The monoisotopic (exact) mass is 520 g/mol. The number of hydrogen-bond donors (Lipinski definition) is 2. The summed E-state index contributed by atoms with van der Waals surface area (Å²) in [5.74, 6) is 3.96. The molecule has 2 aromatic heterocycles. The zero-order valence-electron chi connectivity index (χ0n) is 21.0. The van der Waals surface area contributed by atoms with Crippen molar-refractivity contribution >= 4 is 35.0 Å². The molecule has 2 amide bonds. The van der Waals surface area contributed by atoms with E-state index in [0.29, 0.717) is 45.9 Å². The van der Waals surface area contributed by atoms with Gasteiger partial charge in [-0.05, 0) is 74.5 Å². The highest BCUT2D eigenvalue weighted by molar-refractivity contribution is 7.97. The van der Waals surface area contributed by atoms with Gasteiger partial charge in [-0.15, -0.1) is 0 Å². The summed E-state index contributed by atoms with van der Waals surface area (Å²) in [6.45, 7) is 3.68. The number of methoxy groups -OCH3 is 2. The minimum Gasteiger partial charge on any atom is -0.497 e. The lowest BCUT2D eigenvalue weighted by molar-refractivity contribution is 0.0988. The molecule has 0 radical (unpaired) electrons. The summed E-state index contributed by atoms with van der Waals surface area (Å²) in [6.07, 6.45) is 0. The summed E-state index contributed by atoms with van der Waals surface area (Å²) in [7, 11) is 3.18. The number of amides is 2. The van der Waals surface area contributed by atoms with Crippen molar-refractivity contribution in [2.45, 2.75) is 25.4 Å². The van der Waals surface area contributed by atoms with E-state index in [9.17, 15) is 9.59 Å². The van der Waals surface area contributed by atoms with Crippen LogP contribution in [0.1, 0.15) is 43.8 Å². The number of benzene rings is 2. The average Bonchev–Trinajstić information content (AvgIpc) is 3.47. The number of thioether (sulfide) groups is 1. The molecule has 0 saturated heterocycles. The minimum atomic E-state index is -0.317. The lowest BCUT2D eigenvalue weighted by Gasteiger charge is -2.04. The molecule has 2 N–H and O–H groups in total.